The van der Waals surface area contributed by atoms with E-state index >= 15 is 0 Å². The molecule has 2 heterocycles. The molecule has 0 amide bonds. The lowest BCUT2D eigenvalue weighted by Gasteiger charge is -1.98. The number of aliphatic carboxylic acids is 1. The standard InChI is InChI=1S/C11H10IN3O2/c1-7-10(12)11(8-3-2-4-13-5-8)14-15(7)6-9(16)17/h2-5H,6H2,1H3,(H,16,17). The van der Waals surface area contributed by atoms with Gasteiger partial charge in [-0.3, -0.25) is 14.5 Å². The largest absolute Gasteiger partial charge is 0.480 e. The lowest BCUT2D eigenvalue weighted by atomic mass is 10.2. The Morgan fingerprint density at radius 2 is 2.35 bits per heavy atom. The third-order valence-electron chi connectivity index (χ3n) is 2.35. The molecule has 0 radical (unpaired) electrons. The lowest BCUT2D eigenvalue weighted by molar-refractivity contribution is -0.137. The van der Waals surface area contributed by atoms with Crippen molar-refractivity contribution in [2.75, 3.05) is 0 Å². The highest BCUT2D eigenvalue weighted by atomic mass is 127. The van der Waals surface area contributed by atoms with Crippen molar-refractivity contribution in [1.29, 1.82) is 0 Å². The van der Waals surface area contributed by atoms with Crippen LogP contribution in [0.5, 0.6) is 0 Å². The van der Waals surface area contributed by atoms with Gasteiger partial charge in [-0.05, 0) is 41.6 Å². The summed E-state index contributed by atoms with van der Waals surface area (Å²) in [6.45, 7) is 1.74. The number of carboxylic acids is 1. The molecule has 2 aromatic rings. The Bertz CT molecular complexity index is 551. The van der Waals surface area contributed by atoms with Crippen molar-refractivity contribution in [2.24, 2.45) is 0 Å². The van der Waals surface area contributed by atoms with E-state index in [1.54, 1.807) is 12.4 Å². The molecule has 0 saturated heterocycles. The first-order chi connectivity index (χ1) is 8.09. The van der Waals surface area contributed by atoms with E-state index in [1.165, 1.54) is 4.68 Å². The molecular weight excluding hydrogens is 333 g/mol. The number of hydrogen-bond acceptors (Lipinski definition) is 3. The summed E-state index contributed by atoms with van der Waals surface area (Å²) in [6, 6.07) is 3.74. The second kappa shape index (κ2) is 4.82. The Kier molecular flexibility index (Phi) is 3.41. The molecule has 0 fully saturated rings. The average molecular weight is 343 g/mol. The first-order valence-corrected chi connectivity index (χ1v) is 6.02. The molecule has 88 valence electrons. The van der Waals surface area contributed by atoms with Gasteiger partial charge in [0.25, 0.3) is 0 Å². The lowest BCUT2D eigenvalue weighted by Crippen LogP contribution is -2.11. The minimum atomic E-state index is -0.898. The molecular formula is C11H10IN3O2. The van der Waals surface area contributed by atoms with E-state index in [1.807, 2.05) is 19.1 Å². The molecule has 0 aromatic carbocycles. The van der Waals surface area contributed by atoms with Crippen molar-refractivity contribution < 1.29 is 9.90 Å². The zero-order valence-corrected chi connectivity index (χ0v) is 11.2. The first kappa shape index (κ1) is 12.0. The van der Waals surface area contributed by atoms with Crippen LogP contribution in [0.15, 0.2) is 24.5 Å². The highest BCUT2D eigenvalue weighted by molar-refractivity contribution is 14.1. The van der Waals surface area contributed by atoms with Gasteiger partial charge in [-0.1, -0.05) is 0 Å². The number of halogens is 1. The highest BCUT2D eigenvalue weighted by Crippen LogP contribution is 2.25. The van der Waals surface area contributed by atoms with Crippen LogP contribution in [0.4, 0.5) is 0 Å². The topological polar surface area (TPSA) is 68.0 Å². The van der Waals surface area contributed by atoms with Crippen LogP contribution in [0.3, 0.4) is 0 Å². The molecule has 1 N–H and O–H groups in total. The molecule has 0 spiro atoms. The second-order valence-corrected chi connectivity index (χ2v) is 4.62. The van der Waals surface area contributed by atoms with Gasteiger partial charge in [0, 0.05) is 23.7 Å². The van der Waals surface area contributed by atoms with Crippen molar-refractivity contribution in [3.8, 4) is 11.3 Å². The maximum absolute atomic E-state index is 10.7. The summed E-state index contributed by atoms with van der Waals surface area (Å²) < 4.78 is 2.45. The summed E-state index contributed by atoms with van der Waals surface area (Å²) in [5, 5.41) is 13.1. The van der Waals surface area contributed by atoms with Crippen LogP contribution in [0.2, 0.25) is 0 Å². The van der Waals surface area contributed by atoms with Crippen molar-refractivity contribution >= 4 is 28.6 Å². The van der Waals surface area contributed by atoms with E-state index in [-0.39, 0.29) is 6.54 Å². The fraction of sp³-hybridized carbons (Fsp3) is 0.182. The van der Waals surface area contributed by atoms with Gasteiger partial charge in [-0.25, -0.2) is 0 Å². The number of carboxylic acid groups (broad SMARTS) is 1. The van der Waals surface area contributed by atoms with E-state index in [9.17, 15) is 4.79 Å². The normalized spacial score (nSPS) is 10.5. The van der Waals surface area contributed by atoms with E-state index in [2.05, 4.69) is 32.7 Å². The molecule has 0 aliphatic heterocycles. The number of nitrogens with zero attached hydrogens (tertiary/aromatic N) is 3. The molecule has 0 bridgehead atoms. The number of pyridine rings is 1. The van der Waals surface area contributed by atoms with Crippen LogP contribution >= 0.6 is 22.6 Å². The minimum absolute atomic E-state index is 0.123. The monoisotopic (exact) mass is 343 g/mol. The second-order valence-electron chi connectivity index (χ2n) is 3.54. The summed E-state index contributed by atoms with van der Waals surface area (Å²) in [5.41, 5.74) is 2.52. The maximum atomic E-state index is 10.7. The number of hydrogen-bond donors (Lipinski definition) is 1. The van der Waals surface area contributed by atoms with E-state index in [4.69, 9.17) is 5.11 Å². The summed E-state index contributed by atoms with van der Waals surface area (Å²) in [5.74, 6) is -0.898. The van der Waals surface area contributed by atoms with Crippen LogP contribution < -0.4 is 0 Å². The van der Waals surface area contributed by atoms with Crippen LogP contribution in [0.25, 0.3) is 11.3 Å². The zero-order valence-electron chi connectivity index (χ0n) is 9.09. The molecule has 2 rings (SSSR count). The molecule has 6 heteroatoms. The van der Waals surface area contributed by atoms with E-state index < -0.39 is 5.97 Å². The summed E-state index contributed by atoms with van der Waals surface area (Å²) >= 11 is 2.17. The Labute approximate surface area is 112 Å². The predicted molar refractivity (Wildman–Crippen MR) is 70.5 cm³/mol. The molecule has 0 aliphatic carbocycles. The highest BCUT2D eigenvalue weighted by Gasteiger charge is 2.15. The molecule has 2 aromatic heterocycles. The SMILES string of the molecule is Cc1c(I)c(-c2cccnc2)nn1CC(=O)O. The minimum Gasteiger partial charge on any atom is -0.480 e. The van der Waals surface area contributed by atoms with Crippen LogP contribution in [0.1, 0.15) is 5.69 Å². The van der Waals surface area contributed by atoms with Crippen LogP contribution in [0, 0.1) is 10.5 Å². The van der Waals surface area contributed by atoms with Gasteiger partial charge in [0.05, 0.1) is 3.57 Å². The van der Waals surface area contributed by atoms with Crippen molar-refractivity contribution in [1.82, 2.24) is 14.8 Å². The van der Waals surface area contributed by atoms with Gasteiger partial charge in [0.2, 0.25) is 0 Å². The van der Waals surface area contributed by atoms with Crippen molar-refractivity contribution in [3.63, 3.8) is 0 Å². The van der Waals surface area contributed by atoms with E-state index in [0.717, 1.165) is 20.5 Å². The molecule has 17 heavy (non-hydrogen) atoms. The van der Waals surface area contributed by atoms with Gasteiger partial charge in [0.1, 0.15) is 12.2 Å². The molecule has 0 unspecified atom stereocenters. The Morgan fingerprint density at radius 1 is 1.59 bits per heavy atom. The van der Waals surface area contributed by atoms with Gasteiger partial charge < -0.3 is 5.11 Å². The first-order valence-electron chi connectivity index (χ1n) is 4.94. The van der Waals surface area contributed by atoms with E-state index in [0.29, 0.717) is 0 Å². The van der Waals surface area contributed by atoms with Crippen molar-refractivity contribution in [3.05, 3.63) is 33.8 Å². The van der Waals surface area contributed by atoms with Gasteiger partial charge in [-0.15, -0.1) is 0 Å². The van der Waals surface area contributed by atoms with Gasteiger partial charge in [0.15, 0.2) is 0 Å². The quantitative estimate of drug-likeness (QED) is 0.865. The van der Waals surface area contributed by atoms with Gasteiger partial charge >= 0.3 is 5.97 Å². The molecule has 0 atom stereocenters. The number of carbonyl (C=O) groups is 1. The summed E-state index contributed by atoms with van der Waals surface area (Å²) in [7, 11) is 0. The fourth-order valence-corrected chi connectivity index (χ4v) is 2.19. The maximum Gasteiger partial charge on any atom is 0.325 e. The van der Waals surface area contributed by atoms with Gasteiger partial charge in [-0.2, -0.15) is 5.10 Å². The third-order valence-corrected chi connectivity index (χ3v) is 3.64. The molecule has 5 nitrogen and oxygen atoms in total. The van der Waals surface area contributed by atoms with Crippen LogP contribution in [-0.4, -0.2) is 25.8 Å². The Balaban J connectivity index is 2.46. The fourth-order valence-electron chi connectivity index (χ4n) is 1.49. The third kappa shape index (κ3) is 2.46. The Morgan fingerprint density at radius 3 is 2.94 bits per heavy atom. The summed E-state index contributed by atoms with van der Waals surface area (Å²) in [6.07, 6.45) is 3.41. The predicted octanol–water partition coefficient (Wildman–Crippen LogP) is 1.94. The molecule has 0 aliphatic rings. The molecule has 0 saturated carbocycles. The zero-order chi connectivity index (χ0) is 12.4. The number of aromatic nitrogens is 3. The van der Waals surface area contributed by atoms with Crippen LogP contribution in [-0.2, 0) is 11.3 Å². The smallest absolute Gasteiger partial charge is 0.325 e. The summed E-state index contributed by atoms with van der Waals surface area (Å²) in [4.78, 5) is 14.7. The van der Waals surface area contributed by atoms with Crippen molar-refractivity contribution in [2.45, 2.75) is 13.5 Å². The Hall–Kier alpha value is -1.44. The number of rotatable bonds is 3. The average Bonchev–Trinajstić information content (AvgIpc) is 2.58.